The predicted octanol–water partition coefficient (Wildman–Crippen LogP) is 6.26. The average molecular weight is 362 g/mol. The SMILES string of the molecule is CCC1(c2ccc(OC(F)F)c(F)c2)C=CC(c2cccc(F)c2)=CC1. The summed E-state index contributed by atoms with van der Waals surface area (Å²) in [6.07, 6.45) is 7.14. The minimum Gasteiger partial charge on any atom is -0.432 e. The molecule has 0 aliphatic heterocycles. The lowest BCUT2D eigenvalue weighted by atomic mass is 9.72. The summed E-state index contributed by atoms with van der Waals surface area (Å²) in [7, 11) is 0. The van der Waals surface area contributed by atoms with E-state index in [1.165, 1.54) is 24.3 Å². The van der Waals surface area contributed by atoms with Crippen molar-refractivity contribution in [3.05, 3.63) is 83.5 Å². The normalized spacial score (nSPS) is 19.5. The van der Waals surface area contributed by atoms with Crippen LogP contribution in [0.3, 0.4) is 0 Å². The predicted molar refractivity (Wildman–Crippen MR) is 93.1 cm³/mol. The molecule has 0 amide bonds. The number of hydrogen-bond donors (Lipinski definition) is 0. The second kappa shape index (κ2) is 7.36. The second-order valence-electron chi connectivity index (χ2n) is 6.24. The van der Waals surface area contributed by atoms with Crippen LogP contribution in [0.1, 0.15) is 30.9 Å². The Bertz CT molecular complexity index is 857. The quantitative estimate of drug-likeness (QED) is 0.571. The lowest BCUT2D eigenvalue weighted by Gasteiger charge is -2.32. The van der Waals surface area contributed by atoms with Crippen molar-refractivity contribution >= 4 is 5.57 Å². The van der Waals surface area contributed by atoms with Gasteiger partial charge in [-0.25, -0.2) is 8.78 Å². The molecule has 0 N–H and O–H groups in total. The van der Waals surface area contributed by atoms with Crippen LogP contribution in [0.15, 0.2) is 60.7 Å². The van der Waals surface area contributed by atoms with Crippen molar-refractivity contribution in [2.24, 2.45) is 0 Å². The van der Waals surface area contributed by atoms with Gasteiger partial charge in [-0.2, -0.15) is 8.78 Å². The van der Waals surface area contributed by atoms with Gasteiger partial charge in [0.1, 0.15) is 5.82 Å². The van der Waals surface area contributed by atoms with E-state index in [2.05, 4.69) is 4.74 Å². The molecular weight excluding hydrogens is 344 g/mol. The van der Waals surface area contributed by atoms with E-state index in [0.717, 1.165) is 11.1 Å². The van der Waals surface area contributed by atoms with Crippen molar-refractivity contribution < 1.29 is 22.3 Å². The van der Waals surface area contributed by atoms with Crippen molar-refractivity contribution in [2.75, 3.05) is 0 Å². The monoisotopic (exact) mass is 362 g/mol. The van der Waals surface area contributed by atoms with Gasteiger partial charge in [0.2, 0.25) is 0 Å². The zero-order chi connectivity index (χ0) is 18.7. The Kier molecular flexibility index (Phi) is 5.16. The molecule has 0 saturated heterocycles. The van der Waals surface area contributed by atoms with Gasteiger partial charge in [-0.3, -0.25) is 0 Å². The topological polar surface area (TPSA) is 9.23 Å². The van der Waals surface area contributed by atoms with Crippen LogP contribution in [0.2, 0.25) is 0 Å². The van der Waals surface area contributed by atoms with Crippen molar-refractivity contribution in [1.29, 1.82) is 0 Å². The minimum atomic E-state index is -3.07. The van der Waals surface area contributed by atoms with Crippen molar-refractivity contribution in [2.45, 2.75) is 31.8 Å². The Balaban J connectivity index is 1.88. The molecule has 0 bridgehead atoms. The number of hydrogen-bond acceptors (Lipinski definition) is 1. The maximum absolute atomic E-state index is 14.1. The first-order chi connectivity index (χ1) is 12.4. The lowest BCUT2D eigenvalue weighted by molar-refractivity contribution is -0.0522. The summed E-state index contributed by atoms with van der Waals surface area (Å²) in [6.45, 7) is -1.09. The van der Waals surface area contributed by atoms with Gasteiger partial charge in [0.05, 0.1) is 0 Å². The van der Waals surface area contributed by atoms with Crippen LogP contribution in [-0.4, -0.2) is 6.61 Å². The summed E-state index contributed by atoms with van der Waals surface area (Å²) in [4.78, 5) is 0. The molecule has 136 valence electrons. The van der Waals surface area contributed by atoms with E-state index in [0.29, 0.717) is 18.4 Å². The van der Waals surface area contributed by atoms with Gasteiger partial charge in [0.15, 0.2) is 11.6 Å². The fraction of sp³-hybridized carbons (Fsp3) is 0.238. The van der Waals surface area contributed by atoms with E-state index in [9.17, 15) is 17.6 Å². The number of ether oxygens (including phenoxy) is 1. The standard InChI is InChI=1S/C21H18F4O/c1-2-21(16-6-7-19(18(23)13-16)26-20(24)25)10-8-14(9-11-21)15-4-3-5-17(22)12-15/h3-10,12-13,20H,2,11H2,1H3. The number of allylic oxidation sites excluding steroid dienone is 4. The maximum atomic E-state index is 14.1. The highest BCUT2D eigenvalue weighted by molar-refractivity contribution is 5.75. The molecule has 2 aromatic rings. The minimum absolute atomic E-state index is 0.305. The van der Waals surface area contributed by atoms with Crippen LogP contribution in [0, 0.1) is 11.6 Å². The zero-order valence-corrected chi connectivity index (χ0v) is 14.2. The molecule has 1 aliphatic rings. The van der Waals surface area contributed by atoms with Crippen LogP contribution < -0.4 is 4.74 Å². The first-order valence-corrected chi connectivity index (χ1v) is 8.34. The highest BCUT2D eigenvalue weighted by Crippen LogP contribution is 2.40. The van der Waals surface area contributed by atoms with Crippen molar-refractivity contribution in [3.63, 3.8) is 0 Å². The molecule has 1 unspecified atom stereocenters. The number of alkyl halides is 2. The highest BCUT2D eigenvalue weighted by Gasteiger charge is 2.30. The van der Waals surface area contributed by atoms with E-state index in [1.54, 1.807) is 12.1 Å². The van der Waals surface area contributed by atoms with Crippen LogP contribution in [-0.2, 0) is 5.41 Å². The van der Waals surface area contributed by atoms with E-state index in [1.807, 2.05) is 31.2 Å². The van der Waals surface area contributed by atoms with Gasteiger partial charge >= 0.3 is 6.61 Å². The third-order valence-corrected chi connectivity index (χ3v) is 4.78. The van der Waals surface area contributed by atoms with Crippen LogP contribution in [0.4, 0.5) is 17.6 Å². The molecule has 3 rings (SSSR count). The first-order valence-electron chi connectivity index (χ1n) is 8.34. The Morgan fingerprint density at radius 2 is 1.92 bits per heavy atom. The zero-order valence-electron chi connectivity index (χ0n) is 14.2. The molecule has 0 aromatic heterocycles. The van der Waals surface area contributed by atoms with E-state index in [-0.39, 0.29) is 5.82 Å². The summed E-state index contributed by atoms with van der Waals surface area (Å²) in [5.74, 6) is -1.59. The molecule has 0 saturated carbocycles. The van der Waals surface area contributed by atoms with Crippen molar-refractivity contribution in [3.8, 4) is 5.75 Å². The molecule has 0 heterocycles. The molecule has 26 heavy (non-hydrogen) atoms. The molecule has 1 aliphatic carbocycles. The van der Waals surface area contributed by atoms with E-state index >= 15 is 0 Å². The highest BCUT2D eigenvalue weighted by atomic mass is 19.3. The van der Waals surface area contributed by atoms with Gasteiger partial charge < -0.3 is 4.74 Å². The van der Waals surface area contributed by atoms with Crippen LogP contribution in [0.5, 0.6) is 5.75 Å². The summed E-state index contributed by atoms with van der Waals surface area (Å²) in [5.41, 5.74) is 1.91. The summed E-state index contributed by atoms with van der Waals surface area (Å²) in [6, 6.07) is 10.4. The van der Waals surface area contributed by atoms with Gasteiger partial charge in [0.25, 0.3) is 0 Å². The third-order valence-electron chi connectivity index (χ3n) is 4.78. The number of halogens is 4. The Labute approximate surface area is 149 Å². The van der Waals surface area contributed by atoms with Gasteiger partial charge in [-0.15, -0.1) is 0 Å². The van der Waals surface area contributed by atoms with Crippen LogP contribution >= 0.6 is 0 Å². The fourth-order valence-corrected chi connectivity index (χ4v) is 3.24. The molecule has 5 heteroatoms. The molecule has 1 nitrogen and oxygen atoms in total. The van der Waals surface area contributed by atoms with Gasteiger partial charge in [0, 0.05) is 5.41 Å². The number of rotatable bonds is 5. The fourth-order valence-electron chi connectivity index (χ4n) is 3.24. The molecule has 0 spiro atoms. The molecule has 0 radical (unpaired) electrons. The summed E-state index contributed by atoms with van der Waals surface area (Å²) >= 11 is 0. The van der Waals surface area contributed by atoms with Gasteiger partial charge in [-0.1, -0.05) is 43.4 Å². The van der Waals surface area contributed by atoms with E-state index in [4.69, 9.17) is 0 Å². The van der Waals surface area contributed by atoms with Crippen molar-refractivity contribution in [1.82, 2.24) is 0 Å². The maximum Gasteiger partial charge on any atom is 0.387 e. The Morgan fingerprint density at radius 3 is 2.50 bits per heavy atom. The summed E-state index contributed by atoms with van der Waals surface area (Å²) < 4.78 is 56.3. The molecule has 2 aromatic carbocycles. The Morgan fingerprint density at radius 1 is 1.12 bits per heavy atom. The van der Waals surface area contributed by atoms with Crippen LogP contribution in [0.25, 0.3) is 5.57 Å². The first kappa shape index (κ1) is 18.2. The Hall–Kier alpha value is -2.56. The molecule has 0 fully saturated rings. The molecule has 1 atom stereocenters. The second-order valence-corrected chi connectivity index (χ2v) is 6.24. The summed E-state index contributed by atoms with van der Waals surface area (Å²) in [5, 5.41) is 0. The van der Waals surface area contributed by atoms with Gasteiger partial charge in [-0.05, 0) is 53.8 Å². The van der Waals surface area contributed by atoms with E-state index < -0.39 is 23.6 Å². The lowest BCUT2D eigenvalue weighted by Crippen LogP contribution is -2.24. The average Bonchev–Trinajstić information content (AvgIpc) is 2.63. The smallest absolute Gasteiger partial charge is 0.387 e. The largest absolute Gasteiger partial charge is 0.432 e. The number of benzene rings is 2. The third kappa shape index (κ3) is 3.66. The molecular formula is C21H18F4O.